The molecule has 0 saturated carbocycles. The predicted molar refractivity (Wildman–Crippen MR) is 85.4 cm³/mol. The second-order valence-corrected chi connectivity index (χ2v) is 6.38. The number of benzene rings is 1. The first kappa shape index (κ1) is 16.8. The molecule has 1 N–H and O–H groups in total. The summed E-state index contributed by atoms with van der Waals surface area (Å²) in [7, 11) is 0. The van der Waals surface area contributed by atoms with Gasteiger partial charge in [-0.3, -0.25) is 9.69 Å². The van der Waals surface area contributed by atoms with Gasteiger partial charge < -0.3 is 14.9 Å². The van der Waals surface area contributed by atoms with Gasteiger partial charge in [-0.15, -0.1) is 0 Å². The second kappa shape index (κ2) is 6.69. The second-order valence-electron chi connectivity index (χ2n) is 6.38. The van der Waals surface area contributed by atoms with Crippen molar-refractivity contribution < 1.29 is 14.3 Å². The van der Waals surface area contributed by atoms with Crippen molar-refractivity contribution in [2.24, 2.45) is 0 Å². The molecule has 0 fully saturated rings. The van der Waals surface area contributed by atoms with Crippen molar-refractivity contribution in [1.29, 1.82) is 0 Å². The van der Waals surface area contributed by atoms with Crippen LogP contribution in [0.3, 0.4) is 0 Å². The molecule has 1 heterocycles. The molecule has 122 valence electrons. The molecule has 6 heteroatoms. The number of ether oxygens (including phenoxy) is 1. The molecule has 1 atom stereocenters. The normalized spacial score (nSPS) is 16.4. The van der Waals surface area contributed by atoms with E-state index in [4.69, 9.17) is 11.3 Å². The van der Waals surface area contributed by atoms with Crippen LogP contribution in [0.15, 0.2) is 24.3 Å². The highest BCUT2D eigenvalue weighted by Crippen LogP contribution is 2.34. The van der Waals surface area contributed by atoms with Crippen LogP contribution >= 0.6 is 0 Å². The summed E-state index contributed by atoms with van der Waals surface area (Å²) in [5, 5.41) is 2.71. The van der Waals surface area contributed by atoms with Gasteiger partial charge in [0.05, 0.1) is 13.1 Å². The third-order valence-electron chi connectivity index (χ3n) is 3.40. The summed E-state index contributed by atoms with van der Waals surface area (Å²) >= 11 is 0. The van der Waals surface area contributed by atoms with E-state index in [0.717, 1.165) is 11.1 Å². The Hall–Kier alpha value is -2.55. The van der Waals surface area contributed by atoms with E-state index in [1.165, 1.54) is 4.90 Å². The molecule has 1 aromatic rings. The van der Waals surface area contributed by atoms with Gasteiger partial charge in [0.2, 0.25) is 12.5 Å². The molecular formula is C17H21N3O3. The summed E-state index contributed by atoms with van der Waals surface area (Å²) in [6, 6.07) is 6.76. The van der Waals surface area contributed by atoms with E-state index in [1.807, 2.05) is 24.3 Å². The third-order valence-corrected chi connectivity index (χ3v) is 3.40. The van der Waals surface area contributed by atoms with Gasteiger partial charge >= 0.3 is 6.09 Å². The first-order chi connectivity index (χ1) is 10.8. The van der Waals surface area contributed by atoms with E-state index in [2.05, 4.69) is 10.2 Å². The molecule has 0 spiro atoms. The molecule has 0 saturated heterocycles. The van der Waals surface area contributed by atoms with Crippen LogP contribution in [-0.2, 0) is 16.1 Å². The van der Waals surface area contributed by atoms with E-state index in [1.54, 1.807) is 20.8 Å². The molecule has 2 rings (SSSR count). The van der Waals surface area contributed by atoms with E-state index in [0.29, 0.717) is 6.54 Å². The van der Waals surface area contributed by atoms with Crippen LogP contribution in [0, 0.1) is 6.57 Å². The van der Waals surface area contributed by atoms with Crippen LogP contribution in [0.5, 0.6) is 0 Å². The molecule has 1 unspecified atom stereocenters. The highest BCUT2D eigenvalue weighted by atomic mass is 16.6. The zero-order valence-electron chi connectivity index (χ0n) is 13.6. The minimum atomic E-state index is -0.716. The van der Waals surface area contributed by atoms with Crippen LogP contribution in [0.2, 0.25) is 0 Å². The number of nitrogens with one attached hydrogen (secondary N) is 1. The Morgan fingerprint density at radius 2 is 2.09 bits per heavy atom. The van der Waals surface area contributed by atoms with Gasteiger partial charge in [0.25, 0.3) is 0 Å². The molecule has 2 amide bonds. The molecule has 6 nitrogen and oxygen atoms in total. The number of hydrogen-bond donors (Lipinski definition) is 1. The minimum Gasteiger partial charge on any atom is -0.444 e. The molecule has 0 radical (unpaired) electrons. The van der Waals surface area contributed by atoms with E-state index >= 15 is 0 Å². The smallest absolute Gasteiger partial charge is 0.411 e. The number of fused-ring (bicyclic) bond motifs is 1. The Labute approximate surface area is 136 Å². The standard InChI is InChI=1S/C17H21N3O3/c1-17(2,3)23-16(22)20-11-12-7-5-6-8-13(12)14(20)15(21)19-10-9-18-4/h5-8,14H,9-11H2,1-3H3,(H,19,21). The number of hydrogen-bond acceptors (Lipinski definition) is 3. The summed E-state index contributed by atoms with van der Waals surface area (Å²) in [6.45, 7) is 13.0. The summed E-state index contributed by atoms with van der Waals surface area (Å²) in [4.78, 5) is 29.6. The molecule has 1 aliphatic heterocycles. The largest absolute Gasteiger partial charge is 0.444 e. The van der Waals surface area contributed by atoms with Crippen LogP contribution < -0.4 is 5.32 Å². The Kier molecular flexibility index (Phi) is 4.89. The molecule has 0 bridgehead atoms. The summed E-state index contributed by atoms with van der Waals surface area (Å²) in [6.07, 6.45) is -0.515. The van der Waals surface area contributed by atoms with Gasteiger partial charge in [0, 0.05) is 0 Å². The Balaban J connectivity index is 2.23. The van der Waals surface area contributed by atoms with Crippen LogP contribution in [0.1, 0.15) is 37.9 Å². The Morgan fingerprint density at radius 1 is 1.39 bits per heavy atom. The van der Waals surface area contributed by atoms with Crippen molar-refractivity contribution >= 4 is 12.0 Å². The topological polar surface area (TPSA) is 63.0 Å². The number of amides is 2. The van der Waals surface area contributed by atoms with Gasteiger partial charge in [-0.2, -0.15) is 0 Å². The third kappa shape index (κ3) is 4.01. The van der Waals surface area contributed by atoms with Crippen molar-refractivity contribution in [3.63, 3.8) is 0 Å². The highest BCUT2D eigenvalue weighted by Gasteiger charge is 2.40. The van der Waals surface area contributed by atoms with Crippen LogP contribution in [-0.4, -0.2) is 35.6 Å². The number of carbonyl (C=O) groups excluding carboxylic acids is 2. The zero-order chi connectivity index (χ0) is 17.0. The number of rotatable bonds is 3. The van der Waals surface area contributed by atoms with Crippen molar-refractivity contribution in [2.45, 2.75) is 39.0 Å². The van der Waals surface area contributed by atoms with Gasteiger partial charge in [-0.25, -0.2) is 11.4 Å². The van der Waals surface area contributed by atoms with Crippen molar-refractivity contribution in [3.8, 4) is 0 Å². The van der Waals surface area contributed by atoms with Crippen molar-refractivity contribution in [1.82, 2.24) is 10.2 Å². The molecular weight excluding hydrogens is 294 g/mol. The summed E-state index contributed by atoms with van der Waals surface area (Å²) in [5.74, 6) is -0.288. The average Bonchev–Trinajstić information content (AvgIpc) is 2.85. The van der Waals surface area contributed by atoms with E-state index in [9.17, 15) is 9.59 Å². The lowest BCUT2D eigenvalue weighted by Gasteiger charge is -2.28. The number of nitrogens with zero attached hydrogens (tertiary/aromatic N) is 2. The summed E-state index contributed by atoms with van der Waals surface area (Å²) in [5.41, 5.74) is 1.11. The molecule has 23 heavy (non-hydrogen) atoms. The van der Waals surface area contributed by atoms with E-state index in [-0.39, 0.29) is 19.0 Å². The SMILES string of the molecule is [C-]#[N+]CCNC(=O)C1c2ccccc2CN1C(=O)OC(C)(C)C. The van der Waals surface area contributed by atoms with Gasteiger partial charge in [0.15, 0.2) is 0 Å². The lowest BCUT2D eigenvalue weighted by atomic mass is 10.0. The molecule has 0 aromatic heterocycles. The first-order valence-corrected chi connectivity index (χ1v) is 7.52. The minimum absolute atomic E-state index is 0.215. The molecule has 0 aliphatic carbocycles. The van der Waals surface area contributed by atoms with Crippen LogP contribution in [0.4, 0.5) is 4.79 Å². The predicted octanol–water partition coefficient (Wildman–Crippen LogP) is 2.51. The Bertz CT molecular complexity index is 643. The molecule has 1 aromatic carbocycles. The fourth-order valence-corrected chi connectivity index (χ4v) is 2.49. The number of carbonyl (C=O) groups is 2. The lowest BCUT2D eigenvalue weighted by Crippen LogP contribution is -2.42. The maximum atomic E-state index is 12.5. The van der Waals surface area contributed by atoms with Crippen molar-refractivity contribution in [2.75, 3.05) is 13.1 Å². The van der Waals surface area contributed by atoms with Gasteiger partial charge in [0.1, 0.15) is 11.6 Å². The highest BCUT2D eigenvalue weighted by molar-refractivity contribution is 5.88. The van der Waals surface area contributed by atoms with Crippen LogP contribution in [0.25, 0.3) is 4.85 Å². The Morgan fingerprint density at radius 3 is 2.74 bits per heavy atom. The maximum absolute atomic E-state index is 12.5. The van der Waals surface area contributed by atoms with E-state index < -0.39 is 17.7 Å². The first-order valence-electron chi connectivity index (χ1n) is 7.52. The molecule has 1 aliphatic rings. The van der Waals surface area contributed by atoms with Crippen molar-refractivity contribution in [3.05, 3.63) is 46.8 Å². The fourth-order valence-electron chi connectivity index (χ4n) is 2.49. The average molecular weight is 315 g/mol. The monoisotopic (exact) mass is 315 g/mol. The van der Waals surface area contributed by atoms with Gasteiger partial charge in [-0.1, -0.05) is 24.3 Å². The lowest BCUT2D eigenvalue weighted by molar-refractivity contribution is -0.126. The fraction of sp³-hybridized carbons (Fsp3) is 0.471. The summed E-state index contributed by atoms with van der Waals surface area (Å²) < 4.78 is 5.42. The maximum Gasteiger partial charge on any atom is 0.411 e. The quantitative estimate of drug-likeness (QED) is 0.688. The zero-order valence-corrected chi connectivity index (χ0v) is 13.6. The van der Waals surface area contributed by atoms with Gasteiger partial charge in [-0.05, 0) is 31.9 Å².